The van der Waals surface area contributed by atoms with Crippen molar-refractivity contribution < 1.29 is 45.0 Å². The van der Waals surface area contributed by atoms with Crippen molar-refractivity contribution in [1.82, 2.24) is 4.90 Å². The van der Waals surface area contributed by atoms with Crippen molar-refractivity contribution in [2.24, 2.45) is 0 Å². The summed E-state index contributed by atoms with van der Waals surface area (Å²) in [7, 11) is 0. The van der Waals surface area contributed by atoms with Crippen LogP contribution >= 0.6 is 0 Å². The number of halogens is 7. The van der Waals surface area contributed by atoms with Crippen LogP contribution in [0, 0.1) is 0 Å². The second-order valence-corrected chi connectivity index (χ2v) is 11.0. The number of nitrogens with zero attached hydrogens (tertiary/aromatic N) is 1. The van der Waals surface area contributed by atoms with Gasteiger partial charge in [0.1, 0.15) is 0 Å². The zero-order chi connectivity index (χ0) is 31.0. The molecule has 4 nitrogen and oxygen atoms in total. The van der Waals surface area contributed by atoms with E-state index in [9.17, 15) is 31.1 Å². The van der Waals surface area contributed by atoms with Crippen LogP contribution < -0.4 is 0 Å². The molecule has 0 aliphatic carbocycles. The van der Waals surface area contributed by atoms with Crippen molar-refractivity contribution in [2.45, 2.75) is 75.0 Å². The molecule has 0 unspecified atom stereocenters. The van der Waals surface area contributed by atoms with E-state index < -0.39 is 59.4 Å². The Morgan fingerprint density at radius 2 is 1.44 bits per heavy atom. The van der Waals surface area contributed by atoms with Gasteiger partial charge in [-0.1, -0.05) is 60.7 Å². The topological polar surface area (TPSA) is 38.8 Å². The van der Waals surface area contributed by atoms with Gasteiger partial charge in [-0.25, -0.2) is 9.18 Å². The van der Waals surface area contributed by atoms with E-state index in [1.807, 2.05) is 35.2 Å². The minimum Gasteiger partial charge on any atom is -0.464 e. The normalized spacial score (nSPS) is 26.0. The Bertz CT molecular complexity index is 1400. The van der Waals surface area contributed by atoms with Gasteiger partial charge in [0.05, 0.1) is 42.0 Å². The highest BCUT2D eigenvalue weighted by Gasteiger charge is 2.69. The molecule has 2 bridgehead atoms. The Morgan fingerprint density at radius 1 is 0.860 bits per heavy atom. The monoisotopic (exact) mass is 609 g/mol. The van der Waals surface area contributed by atoms with Crippen LogP contribution in [0.25, 0.3) is 0 Å². The summed E-state index contributed by atoms with van der Waals surface area (Å²) in [6.07, 6.45) is -10.9. The van der Waals surface area contributed by atoms with Crippen LogP contribution in [0.3, 0.4) is 0 Å². The molecular formula is C32H30F7NO3. The Hall–Kier alpha value is -3.44. The fourth-order valence-electron chi connectivity index (χ4n) is 6.56. The first kappa shape index (κ1) is 31.0. The maximum Gasteiger partial charge on any atom is 0.416 e. The second kappa shape index (κ2) is 11.6. The van der Waals surface area contributed by atoms with Crippen molar-refractivity contribution >= 4 is 5.97 Å². The molecule has 0 amide bonds. The van der Waals surface area contributed by atoms with Crippen LogP contribution in [0.15, 0.2) is 78.9 Å². The average molecular weight is 610 g/mol. The van der Waals surface area contributed by atoms with E-state index in [4.69, 9.17) is 9.47 Å². The van der Waals surface area contributed by atoms with E-state index >= 15 is 4.39 Å². The number of piperidine rings is 1. The molecule has 43 heavy (non-hydrogen) atoms. The number of fused-ring (bicyclic) bond motifs is 2. The largest absolute Gasteiger partial charge is 0.464 e. The SMILES string of the molecule is CCOC(=O)[C@]1(F)C[C@@]2(c3ccccc3)[C@H](OCc3cc(C(F)(F)F)cc(C(F)(F)F)c3)CC[C@@H]1N2Cc1ccccc1. The van der Waals surface area contributed by atoms with Crippen LogP contribution in [0.2, 0.25) is 0 Å². The molecule has 0 aromatic heterocycles. The highest BCUT2D eigenvalue weighted by atomic mass is 19.4. The summed E-state index contributed by atoms with van der Waals surface area (Å²) in [6.45, 7) is 1.17. The van der Waals surface area contributed by atoms with E-state index in [0.717, 1.165) is 5.56 Å². The zero-order valence-corrected chi connectivity index (χ0v) is 23.2. The average Bonchev–Trinajstić information content (AvgIpc) is 3.13. The quantitative estimate of drug-likeness (QED) is 0.193. The molecule has 3 aromatic carbocycles. The molecule has 5 rings (SSSR count). The number of ether oxygens (including phenoxy) is 2. The Morgan fingerprint density at radius 3 is 2.00 bits per heavy atom. The number of hydrogen-bond acceptors (Lipinski definition) is 4. The molecular weight excluding hydrogens is 579 g/mol. The van der Waals surface area contributed by atoms with Gasteiger partial charge in [0.15, 0.2) is 0 Å². The molecule has 230 valence electrons. The first-order valence-corrected chi connectivity index (χ1v) is 13.9. The predicted octanol–water partition coefficient (Wildman–Crippen LogP) is 7.84. The standard InChI is InChI=1S/C32H30F7NO3/c1-2-42-28(41)29(33)20-30(23-11-7-4-8-12-23)27(14-13-26(29)40(30)18-21-9-5-3-6-10-21)43-19-22-15-24(31(34,35)36)17-25(16-22)32(37,38)39/h3-12,15-17,26-27H,2,13-14,18-20H2,1H3/t26-,27+,29-,30+/m0/s1. The molecule has 0 radical (unpaired) electrons. The minimum atomic E-state index is -5.01. The third kappa shape index (κ3) is 5.89. The van der Waals surface area contributed by atoms with Crippen LogP contribution in [-0.4, -0.2) is 35.3 Å². The summed E-state index contributed by atoms with van der Waals surface area (Å²) in [4.78, 5) is 15.0. The minimum absolute atomic E-state index is 0.0364. The first-order valence-electron chi connectivity index (χ1n) is 13.9. The first-order chi connectivity index (χ1) is 20.3. The highest BCUT2D eigenvalue weighted by Crippen LogP contribution is 2.58. The zero-order valence-electron chi connectivity index (χ0n) is 23.2. The maximum atomic E-state index is 17.0. The van der Waals surface area contributed by atoms with E-state index in [-0.39, 0.29) is 44.0 Å². The fraction of sp³-hybridized carbons (Fsp3) is 0.406. The molecule has 0 spiro atoms. The van der Waals surface area contributed by atoms with Crippen molar-refractivity contribution in [3.8, 4) is 0 Å². The fourth-order valence-corrected chi connectivity index (χ4v) is 6.56. The lowest BCUT2D eigenvalue weighted by atomic mass is 9.78. The molecule has 2 saturated heterocycles. The second-order valence-electron chi connectivity index (χ2n) is 11.0. The summed E-state index contributed by atoms with van der Waals surface area (Å²) >= 11 is 0. The lowest BCUT2D eigenvalue weighted by molar-refractivity contribution is -0.160. The van der Waals surface area contributed by atoms with Gasteiger partial charge < -0.3 is 9.47 Å². The van der Waals surface area contributed by atoms with Crippen LogP contribution in [0.5, 0.6) is 0 Å². The molecule has 2 aliphatic heterocycles. The molecule has 2 aliphatic rings. The number of carbonyl (C=O) groups excluding carboxylic acids is 1. The summed E-state index contributed by atoms with van der Waals surface area (Å²) in [6, 6.07) is 18.4. The van der Waals surface area contributed by atoms with Crippen molar-refractivity contribution in [2.75, 3.05) is 6.61 Å². The third-order valence-electron chi connectivity index (χ3n) is 8.36. The Labute approximate surface area is 244 Å². The van der Waals surface area contributed by atoms with E-state index in [2.05, 4.69) is 0 Å². The summed E-state index contributed by atoms with van der Waals surface area (Å²) < 4.78 is 109. The molecule has 2 heterocycles. The Balaban J connectivity index is 1.58. The van der Waals surface area contributed by atoms with Crippen LogP contribution in [0.1, 0.15) is 54.0 Å². The van der Waals surface area contributed by atoms with Crippen LogP contribution in [-0.2, 0) is 45.3 Å². The predicted molar refractivity (Wildman–Crippen MR) is 143 cm³/mol. The van der Waals surface area contributed by atoms with E-state index in [1.165, 1.54) is 0 Å². The summed E-state index contributed by atoms with van der Waals surface area (Å²) in [5.74, 6) is -1.01. The molecule has 3 aromatic rings. The van der Waals surface area contributed by atoms with Gasteiger partial charge in [-0.15, -0.1) is 0 Å². The number of hydrogen-bond donors (Lipinski definition) is 0. The van der Waals surface area contributed by atoms with E-state index in [1.54, 1.807) is 37.3 Å². The third-order valence-corrected chi connectivity index (χ3v) is 8.36. The van der Waals surface area contributed by atoms with E-state index in [0.29, 0.717) is 17.7 Å². The number of benzene rings is 3. The van der Waals surface area contributed by atoms with Crippen molar-refractivity contribution in [3.05, 3.63) is 107 Å². The van der Waals surface area contributed by atoms with Gasteiger partial charge in [0.25, 0.3) is 0 Å². The maximum absolute atomic E-state index is 17.0. The van der Waals surface area contributed by atoms with Crippen molar-refractivity contribution in [1.29, 1.82) is 0 Å². The van der Waals surface area contributed by atoms with Gasteiger partial charge in [0, 0.05) is 13.0 Å². The molecule has 2 fully saturated rings. The molecule has 11 heteroatoms. The molecule has 0 saturated carbocycles. The number of rotatable bonds is 8. The van der Waals surface area contributed by atoms with Crippen molar-refractivity contribution in [3.63, 3.8) is 0 Å². The van der Waals surface area contributed by atoms with Gasteiger partial charge in [-0.2, -0.15) is 26.3 Å². The number of carbonyl (C=O) groups is 1. The van der Waals surface area contributed by atoms with Gasteiger partial charge in [-0.05, 0) is 54.7 Å². The lowest BCUT2D eigenvalue weighted by Gasteiger charge is -2.49. The lowest BCUT2D eigenvalue weighted by Crippen LogP contribution is -2.57. The van der Waals surface area contributed by atoms with Gasteiger partial charge >= 0.3 is 18.3 Å². The molecule has 0 N–H and O–H groups in total. The number of esters is 1. The smallest absolute Gasteiger partial charge is 0.416 e. The van der Waals surface area contributed by atoms with Gasteiger partial charge in [-0.3, -0.25) is 4.90 Å². The Kier molecular flexibility index (Phi) is 8.34. The summed E-state index contributed by atoms with van der Waals surface area (Å²) in [5, 5.41) is 0. The molecule has 4 atom stereocenters. The highest BCUT2D eigenvalue weighted by molar-refractivity contribution is 5.82. The van der Waals surface area contributed by atoms with Crippen LogP contribution in [0.4, 0.5) is 30.7 Å². The number of alkyl halides is 7. The van der Waals surface area contributed by atoms with Gasteiger partial charge in [0.2, 0.25) is 5.67 Å². The summed E-state index contributed by atoms with van der Waals surface area (Å²) in [5.41, 5.74) is -5.48.